The minimum Gasteiger partial charge on any atom is -0.331 e. The van der Waals surface area contributed by atoms with Crippen LogP contribution in [-0.2, 0) is 26.2 Å². The molecule has 2 N–H and O–H groups in total. The Morgan fingerprint density at radius 2 is 2.05 bits per heavy atom. The van der Waals surface area contributed by atoms with Crippen LogP contribution in [0.25, 0.3) is 0 Å². The third kappa shape index (κ3) is 3.41. The number of amides is 1. The molecule has 0 aromatic carbocycles. The van der Waals surface area contributed by atoms with Crippen molar-refractivity contribution in [2.24, 2.45) is 5.92 Å². The lowest BCUT2D eigenvalue weighted by Crippen LogP contribution is -2.55. The third-order valence-electron chi connectivity index (χ3n) is 3.47. The SMILES string of the molecule is CCC(=O)NC(c1ccnc(CC)c1)(C(C)C)S(=O)(=O)O. The molecule has 1 rings (SSSR count). The van der Waals surface area contributed by atoms with Crippen molar-refractivity contribution in [1.29, 1.82) is 0 Å². The second-order valence-electron chi connectivity index (χ2n) is 5.16. The molecule has 7 heteroatoms. The van der Waals surface area contributed by atoms with E-state index < -0.39 is 26.8 Å². The molecule has 6 nitrogen and oxygen atoms in total. The largest absolute Gasteiger partial charge is 0.331 e. The topological polar surface area (TPSA) is 96.4 Å². The molecule has 0 saturated carbocycles. The Balaban J connectivity index is 3.59. The van der Waals surface area contributed by atoms with Gasteiger partial charge in [0, 0.05) is 18.3 Å². The summed E-state index contributed by atoms with van der Waals surface area (Å²) in [5.41, 5.74) is 1.00. The van der Waals surface area contributed by atoms with Crippen molar-refractivity contribution in [1.82, 2.24) is 10.3 Å². The fraction of sp³-hybridized carbons (Fsp3) is 0.571. The van der Waals surface area contributed by atoms with E-state index in [0.717, 1.165) is 0 Å². The quantitative estimate of drug-likeness (QED) is 0.781. The molecule has 0 spiro atoms. The molecule has 1 amide bonds. The molecule has 0 radical (unpaired) electrons. The fourth-order valence-corrected chi connectivity index (χ4v) is 3.52. The summed E-state index contributed by atoms with van der Waals surface area (Å²) in [6, 6.07) is 3.10. The predicted molar refractivity (Wildman–Crippen MR) is 80.1 cm³/mol. The number of carbonyl (C=O) groups excluding carboxylic acids is 1. The van der Waals surface area contributed by atoms with E-state index in [-0.39, 0.29) is 6.42 Å². The Bertz CT molecular complexity index is 613. The monoisotopic (exact) mass is 314 g/mol. The smallest absolute Gasteiger partial charge is 0.293 e. The Morgan fingerprint density at radius 3 is 2.48 bits per heavy atom. The molecular formula is C14H22N2O4S. The summed E-state index contributed by atoms with van der Waals surface area (Å²) < 4.78 is 33.9. The normalized spacial score (nSPS) is 14.8. The number of aromatic nitrogens is 1. The summed E-state index contributed by atoms with van der Waals surface area (Å²) in [4.78, 5) is 14.1. The van der Waals surface area contributed by atoms with Crippen LogP contribution in [-0.4, -0.2) is 23.9 Å². The zero-order valence-corrected chi connectivity index (χ0v) is 13.6. The van der Waals surface area contributed by atoms with Gasteiger partial charge in [0.25, 0.3) is 10.1 Å². The van der Waals surface area contributed by atoms with Crippen LogP contribution in [0.2, 0.25) is 0 Å². The van der Waals surface area contributed by atoms with Crippen LogP contribution in [0, 0.1) is 5.92 Å². The molecule has 21 heavy (non-hydrogen) atoms. The van der Waals surface area contributed by atoms with Crippen molar-refractivity contribution < 1.29 is 17.8 Å². The Kier molecular flexibility index (Phi) is 5.47. The number of nitrogens with one attached hydrogen (secondary N) is 1. The number of nitrogens with zero attached hydrogens (tertiary/aromatic N) is 1. The van der Waals surface area contributed by atoms with E-state index in [1.165, 1.54) is 12.3 Å². The van der Waals surface area contributed by atoms with Crippen molar-refractivity contribution in [3.63, 3.8) is 0 Å². The van der Waals surface area contributed by atoms with Crippen LogP contribution in [0.4, 0.5) is 0 Å². The highest BCUT2D eigenvalue weighted by Gasteiger charge is 2.49. The molecular weight excluding hydrogens is 292 g/mol. The van der Waals surface area contributed by atoms with Crippen molar-refractivity contribution in [2.45, 2.75) is 45.4 Å². The van der Waals surface area contributed by atoms with Gasteiger partial charge in [0.2, 0.25) is 5.91 Å². The molecule has 1 aromatic heterocycles. The number of carbonyl (C=O) groups is 1. The second-order valence-corrected chi connectivity index (χ2v) is 6.75. The molecule has 0 bridgehead atoms. The molecule has 0 aliphatic heterocycles. The summed E-state index contributed by atoms with van der Waals surface area (Å²) in [5, 5.41) is 2.48. The summed E-state index contributed by atoms with van der Waals surface area (Å²) in [5.74, 6) is -1.01. The Hall–Kier alpha value is -1.47. The van der Waals surface area contributed by atoms with Crippen LogP contribution in [0.5, 0.6) is 0 Å². The number of pyridine rings is 1. The van der Waals surface area contributed by atoms with Gasteiger partial charge in [-0.15, -0.1) is 0 Å². The fourth-order valence-electron chi connectivity index (χ4n) is 2.26. The minimum absolute atomic E-state index is 0.121. The molecule has 0 saturated heterocycles. The predicted octanol–water partition coefficient (Wildman–Crippen LogP) is 1.87. The van der Waals surface area contributed by atoms with Gasteiger partial charge in [-0.2, -0.15) is 8.42 Å². The average molecular weight is 314 g/mol. The lowest BCUT2D eigenvalue weighted by atomic mass is 9.94. The first kappa shape index (κ1) is 17.6. The maximum absolute atomic E-state index is 12.1. The second kappa shape index (κ2) is 6.53. The van der Waals surface area contributed by atoms with Crippen LogP contribution in [0.3, 0.4) is 0 Å². The lowest BCUT2D eigenvalue weighted by Gasteiger charge is -2.35. The third-order valence-corrected chi connectivity index (χ3v) is 5.10. The molecule has 1 atom stereocenters. The molecule has 1 heterocycles. The Morgan fingerprint density at radius 1 is 1.43 bits per heavy atom. The minimum atomic E-state index is -4.57. The zero-order valence-electron chi connectivity index (χ0n) is 12.8. The molecule has 0 fully saturated rings. The first-order valence-corrected chi connectivity index (χ1v) is 8.36. The van der Waals surface area contributed by atoms with Crippen LogP contribution in [0.1, 0.15) is 45.4 Å². The molecule has 1 aromatic rings. The van der Waals surface area contributed by atoms with Crippen molar-refractivity contribution in [3.8, 4) is 0 Å². The van der Waals surface area contributed by atoms with E-state index in [9.17, 15) is 17.8 Å². The first-order valence-electron chi connectivity index (χ1n) is 6.92. The maximum Gasteiger partial charge on any atom is 0.293 e. The van der Waals surface area contributed by atoms with Gasteiger partial charge in [0.05, 0.1) is 0 Å². The van der Waals surface area contributed by atoms with Crippen molar-refractivity contribution in [3.05, 3.63) is 29.6 Å². The van der Waals surface area contributed by atoms with Crippen molar-refractivity contribution >= 4 is 16.0 Å². The molecule has 0 aliphatic carbocycles. The Labute approximate surface area is 125 Å². The zero-order chi connectivity index (χ0) is 16.3. The maximum atomic E-state index is 12.1. The number of rotatable bonds is 6. The van der Waals surface area contributed by atoms with Gasteiger partial charge in [-0.25, -0.2) is 0 Å². The standard InChI is InChI=1S/C14H22N2O4S/c1-5-12-9-11(7-8-15-12)14(10(3)4,21(18,19)20)16-13(17)6-2/h7-10H,5-6H2,1-4H3,(H,16,17)(H,18,19,20). The molecule has 1 unspecified atom stereocenters. The van der Waals surface area contributed by atoms with E-state index in [0.29, 0.717) is 17.7 Å². The van der Waals surface area contributed by atoms with Crippen LogP contribution >= 0.6 is 0 Å². The van der Waals surface area contributed by atoms with E-state index in [4.69, 9.17) is 0 Å². The van der Waals surface area contributed by atoms with Crippen LogP contribution < -0.4 is 5.32 Å². The summed E-state index contributed by atoms with van der Waals surface area (Å²) in [6.07, 6.45) is 2.22. The van der Waals surface area contributed by atoms with Crippen molar-refractivity contribution in [2.75, 3.05) is 0 Å². The summed E-state index contributed by atoms with van der Waals surface area (Å²) in [6.45, 7) is 6.78. The highest BCUT2D eigenvalue weighted by Crippen LogP contribution is 2.35. The van der Waals surface area contributed by atoms with E-state index in [2.05, 4.69) is 10.3 Å². The van der Waals surface area contributed by atoms with Gasteiger partial charge >= 0.3 is 0 Å². The highest BCUT2D eigenvalue weighted by molar-refractivity contribution is 7.86. The number of hydrogen-bond acceptors (Lipinski definition) is 4. The average Bonchev–Trinajstić information content (AvgIpc) is 2.42. The number of hydrogen-bond donors (Lipinski definition) is 2. The van der Waals surface area contributed by atoms with E-state index in [1.54, 1.807) is 26.8 Å². The van der Waals surface area contributed by atoms with Crippen LogP contribution in [0.15, 0.2) is 18.3 Å². The van der Waals surface area contributed by atoms with E-state index >= 15 is 0 Å². The number of aryl methyl sites for hydroxylation is 1. The molecule has 0 aliphatic rings. The first-order chi connectivity index (χ1) is 9.68. The van der Waals surface area contributed by atoms with Gasteiger partial charge in [-0.05, 0) is 30.0 Å². The van der Waals surface area contributed by atoms with E-state index in [1.807, 2.05) is 6.92 Å². The summed E-state index contributed by atoms with van der Waals surface area (Å²) >= 11 is 0. The van der Waals surface area contributed by atoms with Gasteiger partial charge in [0.1, 0.15) is 0 Å². The molecule has 118 valence electrons. The highest BCUT2D eigenvalue weighted by atomic mass is 32.2. The summed E-state index contributed by atoms with van der Waals surface area (Å²) in [7, 11) is -4.57. The van der Waals surface area contributed by atoms with Gasteiger partial charge in [-0.1, -0.05) is 27.7 Å². The van der Waals surface area contributed by atoms with Gasteiger partial charge in [-0.3, -0.25) is 14.3 Å². The van der Waals surface area contributed by atoms with Gasteiger partial charge < -0.3 is 5.32 Å². The lowest BCUT2D eigenvalue weighted by molar-refractivity contribution is -0.122. The van der Waals surface area contributed by atoms with Gasteiger partial charge in [0.15, 0.2) is 4.87 Å².